The van der Waals surface area contributed by atoms with Crippen molar-refractivity contribution in [1.82, 2.24) is 4.90 Å². The zero-order valence-corrected chi connectivity index (χ0v) is 14.1. The molecule has 0 N–H and O–H groups in total. The summed E-state index contributed by atoms with van der Waals surface area (Å²) in [5, 5.41) is 0. The minimum Gasteiger partial charge on any atom is -0.444 e. The molecule has 134 valence electrons. The predicted octanol–water partition coefficient (Wildman–Crippen LogP) is 6.10. The molecule has 1 aromatic carbocycles. The molecular formula is C14H20F5NO2S. The molecule has 0 aromatic heterocycles. The third-order valence-electron chi connectivity index (χ3n) is 2.78. The molecule has 0 unspecified atom stereocenters. The van der Waals surface area contributed by atoms with E-state index in [-0.39, 0.29) is 13.1 Å². The van der Waals surface area contributed by atoms with Gasteiger partial charge in [-0.3, -0.25) is 0 Å². The van der Waals surface area contributed by atoms with Crippen molar-refractivity contribution in [2.75, 3.05) is 6.54 Å². The number of nitrogens with zero attached hydrogens (tertiary/aromatic N) is 1. The van der Waals surface area contributed by atoms with Crippen LogP contribution in [0.4, 0.5) is 24.2 Å². The molecule has 0 fully saturated rings. The largest absolute Gasteiger partial charge is 0.444 e. The molecule has 23 heavy (non-hydrogen) atoms. The number of benzene rings is 1. The summed E-state index contributed by atoms with van der Waals surface area (Å²) in [6, 6.07) is 2.53. The van der Waals surface area contributed by atoms with Crippen molar-refractivity contribution in [1.29, 1.82) is 0 Å². The summed E-state index contributed by atoms with van der Waals surface area (Å²) in [4.78, 5) is 11.2. The van der Waals surface area contributed by atoms with E-state index >= 15 is 0 Å². The highest BCUT2D eigenvalue weighted by atomic mass is 32.5. The zero-order valence-electron chi connectivity index (χ0n) is 13.3. The summed E-state index contributed by atoms with van der Waals surface area (Å²) in [5.41, 5.74) is -0.417. The summed E-state index contributed by atoms with van der Waals surface area (Å²) in [7, 11) is -9.67. The molecule has 1 aromatic rings. The Labute approximate surface area is 132 Å². The Morgan fingerprint density at radius 2 is 1.57 bits per heavy atom. The summed E-state index contributed by atoms with van der Waals surface area (Å²) >= 11 is 0. The second-order valence-corrected chi connectivity index (χ2v) is 8.52. The molecule has 0 aliphatic rings. The molecule has 0 heterocycles. The van der Waals surface area contributed by atoms with Gasteiger partial charge in [0.05, 0.1) is 0 Å². The van der Waals surface area contributed by atoms with Gasteiger partial charge in [-0.05, 0) is 45.4 Å². The molecule has 0 bridgehead atoms. The van der Waals surface area contributed by atoms with Gasteiger partial charge in [-0.25, -0.2) is 4.79 Å². The molecular weight excluding hydrogens is 341 g/mol. The highest BCUT2D eigenvalue weighted by Gasteiger charge is 2.65. The lowest BCUT2D eigenvalue weighted by molar-refractivity contribution is 0.0244. The van der Waals surface area contributed by atoms with Crippen molar-refractivity contribution in [2.24, 2.45) is 0 Å². The van der Waals surface area contributed by atoms with Crippen molar-refractivity contribution < 1.29 is 29.0 Å². The Balaban J connectivity index is 2.92. The van der Waals surface area contributed by atoms with E-state index in [1.165, 1.54) is 4.90 Å². The Morgan fingerprint density at radius 1 is 1.09 bits per heavy atom. The van der Waals surface area contributed by atoms with Crippen LogP contribution >= 0.6 is 10.2 Å². The monoisotopic (exact) mass is 361 g/mol. The first kappa shape index (κ1) is 19.5. The SMILES string of the molecule is CCN(Cc1ccc(S(F)(F)(F)(F)F)cc1)C(=O)OC(C)(C)C. The second-order valence-electron chi connectivity index (χ2n) is 6.11. The van der Waals surface area contributed by atoms with Crippen LogP contribution in [0.15, 0.2) is 29.2 Å². The van der Waals surface area contributed by atoms with Crippen LogP contribution in [0.5, 0.6) is 0 Å². The summed E-state index contributed by atoms with van der Waals surface area (Å²) in [6.07, 6.45) is -0.628. The standard InChI is InChI=1S/C14H20F5NO2S/c1-5-20(13(21)22-14(2,3)4)10-11-6-8-12(9-7-11)23(15,16,17,18)19/h6-9H,5,10H2,1-4H3. The van der Waals surface area contributed by atoms with Crippen LogP contribution in [0.2, 0.25) is 0 Å². The normalized spacial score (nSPS) is 15.5. The lowest BCUT2D eigenvalue weighted by Crippen LogP contribution is -2.36. The number of hydrogen-bond acceptors (Lipinski definition) is 2. The van der Waals surface area contributed by atoms with E-state index in [1.54, 1.807) is 27.7 Å². The molecule has 9 heteroatoms. The van der Waals surface area contributed by atoms with Gasteiger partial charge < -0.3 is 9.64 Å². The first-order chi connectivity index (χ1) is 10.0. The fourth-order valence-electron chi connectivity index (χ4n) is 1.70. The topological polar surface area (TPSA) is 29.5 Å². The van der Waals surface area contributed by atoms with Gasteiger partial charge in [-0.2, -0.15) is 0 Å². The van der Waals surface area contributed by atoms with Crippen LogP contribution in [0.25, 0.3) is 0 Å². The van der Waals surface area contributed by atoms with Crippen molar-refractivity contribution in [2.45, 2.75) is 44.7 Å². The van der Waals surface area contributed by atoms with Gasteiger partial charge in [0.25, 0.3) is 0 Å². The average molecular weight is 361 g/mol. The maximum Gasteiger partial charge on any atom is 0.410 e. The van der Waals surface area contributed by atoms with E-state index in [9.17, 15) is 24.2 Å². The van der Waals surface area contributed by atoms with E-state index in [1.807, 2.05) is 0 Å². The van der Waals surface area contributed by atoms with Crippen LogP contribution in [-0.2, 0) is 11.3 Å². The number of amides is 1. The Kier molecular flexibility index (Phi) is 4.46. The summed E-state index contributed by atoms with van der Waals surface area (Å²) in [5.74, 6) is 0. The molecule has 0 aliphatic heterocycles. The zero-order chi connectivity index (χ0) is 18.2. The molecule has 0 aliphatic carbocycles. The minimum absolute atomic E-state index is 0.0357. The highest BCUT2D eigenvalue weighted by molar-refractivity contribution is 8.45. The maximum atomic E-state index is 12.6. The molecule has 3 nitrogen and oxygen atoms in total. The fraction of sp³-hybridized carbons (Fsp3) is 0.500. The van der Waals surface area contributed by atoms with Gasteiger partial charge in [-0.15, -0.1) is 0 Å². The van der Waals surface area contributed by atoms with E-state index in [0.29, 0.717) is 17.7 Å². The van der Waals surface area contributed by atoms with Crippen LogP contribution in [0.3, 0.4) is 0 Å². The van der Waals surface area contributed by atoms with Crippen LogP contribution in [-0.4, -0.2) is 23.1 Å². The van der Waals surface area contributed by atoms with Gasteiger partial charge in [-0.1, -0.05) is 31.6 Å². The Morgan fingerprint density at radius 3 is 1.91 bits per heavy atom. The van der Waals surface area contributed by atoms with Crippen molar-refractivity contribution in [3.8, 4) is 0 Å². The molecule has 1 amide bonds. The third-order valence-corrected chi connectivity index (χ3v) is 3.94. The molecule has 0 atom stereocenters. The average Bonchev–Trinajstić information content (AvgIpc) is 2.31. The molecule has 1 rings (SSSR count). The quantitative estimate of drug-likeness (QED) is 0.606. The number of hydrogen-bond donors (Lipinski definition) is 0. The lowest BCUT2D eigenvalue weighted by Gasteiger charge is -2.40. The molecule has 0 saturated heterocycles. The third kappa shape index (κ3) is 6.25. The van der Waals surface area contributed by atoms with Crippen LogP contribution in [0, 0.1) is 0 Å². The summed E-state index contributed by atoms with van der Waals surface area (Å²) < 4.78 is 68.4. The lowest BCUT2D eigenvalue weighted by atomic mass is 10.2. The van der Waals surface area contributed by atoms with Crippen LogP contribution in [0.1, 0.15) is 33.3 Å². The minimum atomic E-state index is -9.67. The van der Waals surface area contributed by atoms with Gasteiger partial charge in [0, 0.05) is 13.1 Å². The number of ether oxygens (including phenoxy) is 1. The van der Waals surface area contributed by atoms with E-state index in [4.69, 9.17) is 4.74 Å². The maximum absolute atomic E-state index is 12.6. The van der Waals surface area contributed by atoms with Crippen molar-refractivity contribution in [3.05, 3.63) is 29.8 Å². The molecule has 0 radical (unpaired) electrons. The number of rotatable bonds is 4. The second kappa shape index (κ2) is 5.25. The number of carbonyl (C=O) groups excluding carboxylic acids is 1. The van der Waals surface area contributed by atoms with E-state index in [0.717, 1.165) is 12.1 Å². The Bertz CT molecular complexity index is 578. The highest BCUT2D eigenvalue weighted by Crippen LogP contribution is 3.02. The number of carbonyl (C=O) groups is 1. The smallest absolute Gasteiger partial charge is 0.410 e. The number of halogens is 5. The van der Waals surface area contributed by atoms with Crippen molar-refractivity contribution in [3.63, 3.8) is 0 Å². The predicted molar refractivity (Wildman–Crippen MR) is 80.2 cm³/mol. The van der Waals surface area contributed by atoms with E-state index < -0.39 is 26.8 Å². The van der Waals surface area contributed by atoms with Gasteiger partial charge in [0.2, 0.25) is 0 Å². The Hall–Kier alpha value is -1.51. The molecule has 0 spiro atoms. The first-order valence-corrected chi connectivity index (χ1v) is 8.78. The van der Waals surface area contributed by atoms with Gasteiger partial charge >= 0.3 is 16.3 Å². The fourth-order valence-corrected chi connectivity index (χ4v) is 2.35. The van der Waals surface area contributed by atoms with E-state index in [2.05, 4.69) is 0 Å². The first-order valence-electron chi connectivity index (χ1n) is 6.83. The molecule has 0 saturated carbocycles. The van der Waals surface area contributed by atoms with Crippen LogP contribution < -0.4 is 0 Å². The van der Waals surface area contributed by atoms with Crippen molar-refractivity contribution >= 4 is 16.3 Å². The van der Waals surface area contributed by atoms with Gasteiger partial charge in [0.15, 0.2) is 0 Å². The van der Waals surface area contributed by atoms with Gasteiger partial charge in [0.1, 0.15) is 10.5 Å². The summed E-state index contributed by atoms with van der Waals surface area (Å²) in [6.45, 7) is 6.95.